The molecule has 0 spiro atoms. The van der Waals surface area contributed by atoms with Gasteiger partial charge in [0.2, 0.25) is 5.91 Å². The topological polar surface area (TPSA) is 65.4 Å². The highest BCUT2D eigenvalue weighted by molar-refractivity contribution is 8.00. The molecule has 30 heavy (non-hydrogen) atoms. The van der Waals surface area contributed by atoms with Crippen molar-refractivity contribution in [3.8, 4) is 17.2 Å². The molecule has 1 N–H and O–H groups in total. The lowest BCUT2D eigenvalue weighted by molar-refractivity contribution is -0.113. The summed E-state index contributed by atoms with van der Waals surface area (Å²) in [5, 5.41) is 8.27. The maximum Gasteiger partial charge on any atom is 0.235 e. The Morgan fingerprint density at radius 1 is 1.17 bits per heavy atom. The van der Waals surface area contributed by atoms with Crippen molar-refractivity contribution < 1.29 is 14.3 Å². The molecule has 1 atom stereocenters. The monoisotopic (exact) mass is 443 g/mol. The van der Waals surface area contributed by atoms with E-state index in [1.54, 1.807) is 18.9 Å². The Hall–Kier alpha value is -2.64. The molecule has 1 amide bonds. The van der Waals surface area contributed by atoms with Crippen molar-refractivity contribution in [2.24, 2.45) is 0 Å². The van der Waals surface area contributed by atoms with E-state index in [4.69, 9.17) is 26.2 Å². The van der Waals surface area contributed by atoms with E-state index >= 15 is 0 Å². The zero-order valence-electron chi connectivity index (χ0n) is 17.2. The number of hydrogen-bond acceptors (Lipinski definition) is 5. The van der Waals surface area contributed by atoms with Crippen LogP contribution in [0, 0.1) is 13.8 Å². The van der Waals surface area contributed by atoms with E-state index in [2.05, 4.69) is 5.32 Å². The fourth-order valence-corrected chi connectivity index (χ4v) is 4.95. The van der Waals surface area contributed by atoms with Gasteiger partial charge in [-0.1, -0.05) is 17.7 Å². The summed E-state index contributed by atoms with van der Waals surface area (Å²) in [6, 6.07) is 11.4. The standard InChI is InChI=1S/C22H22ClN3O3S/c1-12-5-6-14(9-17(12)23)26-22-20(13(2)25-26)21(30-11-19(27)24-22)16-10-15(28-3)7-8-18(16)29-4/h5-10,21H,11H2,1-4H3,(H,24,27)/t21-/m1/s1. The van der Waals surface area contributed by atoms with Gasteiger partial charge in [0.25, 0.3) is 0 Å². The number of anilines is 1. The van der Waals surface area contributed by atoms with Gasteiger partial charge in [-0.15, -0.1) is 11.8 Å². The van der Waals surface area contributed by atoms with E-state index in [1.165, 1.54) is 11.8 Å². The van der Waals surface area contributed by atoms with Crippen molar-refractivity contribution in [3.05, 3.63) is 63.8 Å². The van der Waals surface area contributed by atoms with E-state index in [0.717, 1.165) is 39.6 Å². The van der Waals surface area contributed by atoms with Crippen molar-refractivity contribution in [3.63, 3.8) is 0 Å². The maximum atomic E-state index is 12.6. The van der Waals surface area contributed by atoms with Gasteiger partial charge >= 0.3 is 0 Å². The smallest absolute Gasteiger partial charge is 0.235 e. The van der Waals surface area contributed by atoms with E-state index in [1.807, 2.05) is 50.2 Å². The van der Waals surface area contributed by atoms with Crippen LogP contribution in [0.4, 0.5) is 5.82 Å². The van der Waals surface area contributed by atoms with Crippen LogP contribution in [-0.4, -0.2) is 35.7 Å². The van der Waals surface area contributed by atoms with Gasteiger partial charge in [-0.2, -0.15) is 5.10 Å². The molecule has 2 aromatic carbocycles. The van der Waals surface area contributed by atoms with Gasteiger partial charge in [0.05, 0.1) is 36.6 Å². The van der Waals surface area contributed by atoms with Crippen LogP contribution in [0.3, 0.4) is 0 Å². The molecular formula is C22H22ClN3O3S. The molecule has 4 rings (SSSR count). The average molecular weight is 444 g/mol. The Balaban J connectivity index is 1.92. The first kappa shape index (κ1) is 20.6. The third kappa shape index (κ3) is 3.63. The van der Waals surface area contributed by atoms with Crippen LogP contribution in [0.1, 0.15) is 27.6 Å². The van der Waals surface area contributed by atoms with Crippen LogP contribution in [0.25, 0.3) is 5.69 Å². The summed E-state index contributed by atoms with van der Waals surface area (Å²) in [4.78, 5) is 12.6. The SMILES string of the molecule is COc1ccc(OC)c([C@H]2SCC(=O)Nc3c2c(C)nn3-c2ccc(C)c(Cl)c2)c1. The summed E-state index contributed by atoms with van der Waals surface area (Å²) in [5.41, 5.74) is 4.47. The van der Waals surface area contributed by atoms with Gasteiger partial charge in [-0.25, -0.2) is 4.68 Å². The zero-order chi connectivity index (χ0) is 21.4. The number of carbonyl (C=O) groups is 1. The Bertz CT molecular complexity index is 1130. The normalized spacial score (nSPS) is 15.9. The summed E-state index contributed by atoms with van der Waals surface area (Å²) in [6.45, 7) is 3.90. The van der Waals surface area contributed by atoms with Crippen LogP contribution in [0.5, 0.6) is 11.5 Å². The van der Waals surface area contributed by atoms with Crippen LogP contribution >= 0.6 is 23.4 Å². The van der Waals surface area contributed by atoms with E-state index in [-0.39, 0.29) is 11.2 Å². The first-order valence-corrected chi connectivity index (χ1v) is 10.8. The predicted octanol–water partition coefficient (Wildman–Crippen LogP) is 4.93. The first-order chi connectivity index (χ1) is 14.4. The lowest BCUT2D eigenvalue weighted by Crippen LogP contribution is -2.15. The number of ether oxygens (including phenoxy) is 2. The van der Waals surface area contributed by atoms with Crippen LogP contribution in [0.15, 0.2) is 36.4 Å². The summed E-state index contributed by atoms with van der Waals surface area (Å²) in [7, 11) is 3.27. The van der Waals surface area contributed by atoms with Gasteiger partial charge < -0.3 is 14.8 Å². The van der Waals surface area contributed by atoms with Gasteiger partial charge in [0.15, 0.2) is 0 Å². The summed E-state index contributed by atoms with van der Waals surface area (Å²) in [6.07, 6.45) is 0. The quantitative estimate of drug-likeness (QED) is 0.619. The number of aromatic nitrogens is 2. The molecule has 0 aliphatic carbocycles. The minimum absolute atomic E-state index is 0.0787. The van der Waals surface area contributed by atoms with Crippen molar-refractivity contribution >= 4 is 35.1 Å². The molecule has 0 saturated carbocycles. The minimum atomic E-state index is -0.154. The molecule has 8 heteroatoms. The summed E-state index contributed by atoms with van der Waals surface area (Å²) in [5.74, 6) is 2.35. The lowest BCUT2D eigenvalue weighted by Gasteiger charge is -2.19. The largest absolute Gasteiger partial charge is 0.497 e. The molecule has 0 saturated heterocycles. The Labute approximate surface area is 184 Å². The molecule has 0 fully saturated rings. The van der Waals surface area contributed by atoms with Gasteiger partial charge in [0, 0.05) is 16.1 Å². The molecule has 156 valence electrons. The second kappa shape index (κ2) is 8.24. The number of fused-ring (bicyclic) bond motifs is 1. The van der Waals surface area contributed by atoms with E-state index in [9.17, 15) is 4.79 Å². The number of rotatable bonds is 4. The number of aryl methyl sites for hydroxylation is 2. The number of benzene rings is 2. The molecule has 0 unspecified atom stereocenters. The fourth-order valence-electron chi connectivity index (χ4n) is 3.57. The number of hydrogen-bond donors (Lipinski definition) is 1. The molecule has 1 aromatic heterocycles. The van der Waals surface area contributed by atoms with Crippen LogP contribution < -0.4 is 14.8 Å². The second-order valence-electron chi connectivity index (χ2n) is 7.04. The van der Waals surface area contributed by atoms with Crippen molar-refractivity contribution in [1.29, 1.82) is 0 Å². The van der Waals surface area contributed by atoms with Crippen molar-refractivity contribution in [2.75, 3.05) is 25.3 Å². The van der Waals surface area contributed by atoms with Crippen molar-refractivity contribution in [2.45, 2.75) is 19.1 Å². The Kier molecular flexibility index (Phi) is 5.66. The third-order valence-corrected chi connectivity index (χ3v) is 6.79. The Morgan fingerprint density at radius 3 is 2.67 bits per heavy atom. The summed E-state index contributed by atoms with van der Waals surface area (Å²) < 4.78 is 12.8. The lowest BCUT2D eigenvalue weighted by atomic mass is 10.0. The fraction of sp³-hybridized carbons (Fsp3) is 0.273. The van der Waals surface area contributed by atoms with E-state index in [0.29, 0.717) is 16.6 Å². The van der Waals surface area contributed by atoms with Crippen LogP contribution in [-0.2, 0) is 4.79 Å². The number of nitrogens with zero attached hydrogens (tertiary/aromatic N) is 2. The highest BCUT2D eigenvalue weighted by Crippen LogP contribution is 2.47. The highest BCUT2D eigenvalue weighted by atomic mass is 35.5. The third-order valence-electron chi connectivity index (χ3n) is 5.13. The van der Waals surface area contributed by atoms with Gasteiger partial charge in [-0.05, 0) is 49.7 Å². The van der Waals surface area contributed by atoms with Gasteiger partial charge in [-0.3, -0.25) is 4.79 Å². The number of nitrogens with one attached hydrogen (secondary N) is 1. The van der Waals surface area contributed by atoms with Gasteiger partial charge in [0.1, 0.15) is 17.3 Å². The minimum Gasteiger partial charge on any atom is -0.497 e. The molecule has 2 heterocycles. The zero-order valence-corrected chi connectivity index (χ0v) is 18.7. The number of thioether (sulfide) groups is 1. The second-order valence-corrected chi connectivity index (χ2v) is 8.54. The number of halogens is 1. The molecular weight excluding hydrogens is 422 g/mol. The summed E-state index contributed by atoms with van der Waals surface area (Å²) >= 11 is 7.89. The highest BCUT2D eigenvalue weighted by Gasteiger charge is 2.32. The van der Waals surface area contributed by atoms with Crippen LogP contribution in [0.2, 0.25) is 5.02 Å². The molecule has 3 aromatic rings. The Morgan fingerprint density at radius 2 is 1.97 bits per heavy atom. The molecule has 1 aliphatic heterocycles. The maximum absolute atomic E-state index is 12.6. The number of amides is 1. The number of carbonyl (C=O) groups excluding carboxylic acids is 1. The van der Waals surface area contributed by atoms with E-state index < -0.39 is 0 Å². The molecule has 1 aliphatic rings. The first-order valence-electron chi connectivity index (χ1n) is 9.42. The molecule has 6 nitrogen and oxygen atoms in total. The average Bonchev–Trinajstić information content (AvgIpc) is 2.95. The predicted molar refractivity (Wildman–Crippen MR) is 121 cm³/mol. The number of methoxy groups -OCH3 is 2. The van der Waals surface area contributed by atoms with Crippen molar-refractivity contribution in [1.82, 2.24) is 9.78 Å². The molecule has 0 bridgehead atoms. The molecule has 0 radical (unpaired) electrons.